The molecule has 0 saturated heterocycles. The first-order chi connectivity index (χ1) is 12.9. The lowest BCUT2D eigenvalue weighted by atomic mass is 9.89. The molecular weight excluding hydrogens is 344 g/mol. The van der Waals surface area contributed by atoms with E-state index < -0.39 is 11.9 Å². The molecule has 0 aliphatic rings. The second-order valence-electron chi connectivity index (χ2n) is 6.44. The number of benzene rings is 3. The van der Waals surface area contributed by atoms with Crippen molar-refractivity contribution in [1.29, 1.82) is 0 Å². The predicted molar refractivity (Wildman–Crippen MR) is 102 cm³/mol. The fraction of sp³-hybridized carbons (Fsp3) is 0.136. The van der Waals surface area contributed by atoms with Gasteiger partial charge in [0.25, 0.3) is 0 Å². The molecular formula is C22H18O5. The van der Waals surface area contributed by atoms with E-state index in [0.29, 0.717) is 30.1 Å². The van der Waals surface area contributed by atoms with Gasteiger partial charge >= 0.3 is 11.9 Å². The molecule has 3 rings (SSSR count). The Morgan fingerprint density at radius 2 is 1.56 bits per heavy atom. The molecule has 0 atom stereocenters. The van der Waals surface area contributed by atoms with Crippen LogP contribution in [0.4, 0.5) is 0 Å². The van der Waals surface area contributed by atoms with Gasteiger partial charge in [0.05, 0.1) is 11.1 Å². The van der Waals surface area contributed by atoms with E-state index in [-0.39, 0.29) is 22.1 Å². The Labute approximate surface area is 155 Å². The Morgan fingerprint density at radius 1 is 0.889 bits per heavy atom. The summed E-state index contributed by atoms with van der Waals surface area (Å²) in [6.07, 6.45) is 1.76. The van der Waals surface area contributed by atoms with Crippen molar-refractivity contribution in [3.8, 4) is 0 Å². The molecule has 0 saturated carbocycles. The lowest BCUT2D eigenvalue weighted by Gasteiger charge is -2.14. The summed E-state index contributed by atoms with van der Waals surface area (Å²) in [5.41, 5.74) is 3.04. The monoisotopic (exact) mass is 362 g/mol. The van der Waals surface area contributed by atoms with E-state index in [1.165, 1.54) is 18.2 Å². The topological polar surface area (TPSA) is 91.7 Å². The van der Waals surface area contributed by atoms with E-state index in [1.54, 1.807) is 6.07 Å². The van der Waals surface area contributed by atoms with Crippen LogP contribution in [0.25, 0.3) is 10.8 Å². The molecule has 136 valence electrons. The van der Waals surface area contributed by atoms with Crippen LogP contribution < -0.4 is 0 Å². The van der Waals surface area contributed by atoms with Crippen LogP contribution in [0.3, 0.4) is 0 Å². The highest BCUT2D eigenvalue weighted by atomic mass is 16.4. The molecule has 0 aromatic heterocycles. The van der Waals surface area contributed by atoms with Gasteiger partial charge in [0, 0.05) is 16.3 Å². The largest absolute Gasteiger partial charge is 0.478 e. The maximum atomic E-state index is 11.7. The van der Waals surface area contributed by atoms with E-state index in [2.05, 4.69) is 6.07 Å². The molecule has 0 aliphatic heterocycles. The number of carboxylic acids is 2. The van der Waals surface area contributed by atoms with Crippen LogP contribution >= 0.6 is 0 Å². The molecule has 0 unspecified atom stereocenters. The summed E-state index contributed by atoms with van der Waals surface area (Å²) in [6, 6.07) is 13.8. The lowest BCUT2D eigenvalue weighted by Crippen LogP contribution is -2.07. The van der Waals surface area contributed by atoms with Gasteiger partial charge in [-0.2, -0.15) is 0 Å². The second-order valence-corrected chi connectivity index (χ2v) is 6.44. The summed E-state index contributed by atoms with van der Waals surface area (Å²) >= 11 is 0. The Balaban J connectivity index is 2.20. The molecule has 27 heavy (non-hydrogen) atoms. The molecule has 2 N–H and O–H groups in total. The maximum Gasteiger partial charge on any atom is 0.336 e. The molecule has 0 spiro atoms. The zero-order chi connectivity index (χ0) is 19.6. The fourth-order valence-corrected chi connectivity index (χ4v) is 3.40. The zero-order valence-corrected chi connectivity index (χ0v) is 14.7. The zero-order valence-electron chi connectivity index (χ0n) is 14.7. The summed E-state index contributed by atoms with van der Waals surface area (Å²) in [7, 11) is 0. The number of aryl methyl sites for hydroxylation is 3. The molecule has 3 aromatic rings. The number of carbonyl (C=O) groups excluding carboxylic acids is 1. The number of hydrogen-bond acceptors (Lipinski definition) is 3. The van der Waals surface area contributed by atoms with Crippen molar-refractivity contribution in [2.24, 2.45) is 0 Å². The summed E-state index contributed by atoms with van der Waals surface area (Å²) in [6.45, 7) is 2.00. The third-order valence-electron chi connectivity index (χ3n) is 4.63. The standard InChI is InChI=1S/C22H18O5/c1-13-3-2-4-14(11-13)5-6-15-7-9-18(22(26)27)20-16(12-23)8-10-17(19(15)20)21(24)25/h2-4,7-12H,5-6H2,1H3,(H,24,25)(H,26,27). The Morgan fingerprint density at radius 3 is 2.19 bits per heavy atom. The van der Waals surface area contributed by atoms with Crippen LogP contribution in [0.2, 0.25) is 0 Å². The van der Waals surface area contributed by atoms with Gasteiger partial charge in [-0.05, 0) is 43.0 Å². The van der Waals surface area contributed by atoms with Crippen LogP contribution in [-0.2, 0) is 12.8 Å². The van der Waals surface area contributed by atoms with Crippen LogP contribution in [0, 0.1) is 6.92 Å². The van der Waals surface area contributed by atoms with Gasteiger partial charge in [-0.3, -0.25) is 4.79 Å². The normalized spacial score (nSPS) is 10.7. The van der Waals surface area contributed by atoms with Crippen molar-refractivity contribution >= 4 is 29.0 Å². The quantitative estimate of drug-likeness (QED) is 0.643. The van der Waals surface area contributed by atoms with Crippen molar-refractivity contribution in [1.82, 2.24) is 0 Å². The number of rotatable bonds is 6. The number of aromatic carboxylic acids is 2. The van der Waals surface area contributed by atoms with Gasteiger partial charge < -0.3 is 10.2 Å². The van der Waals surface area contributed by atoms with Gasteiger partial charge in [0.15, 0.2) is 6.29 Å². The van der Waals surface area contributed by atoms with Crippen molar-refractivity contribution in [3.63, 3.8) is 0 Å². The molecule has 0 bridgehead atoms. The van der Waals surface area contributed by atoms with Crippen LogP contribution in [0.1, 0.15) is 47.8 Å². The lowest BCUT2D eigenvalue weighted by molar-refractivity contribution is 0.0686. The number of carboxylic acid groups (broad SMARTS) is 2. The summed E-state index contributed by atoms with van der Waals surface area (Å²) in [4.78, 5) is 34.8. The van der Waals surface area contributed by atoms with Crippen LogP contribution in [0.15, 0.2) is 48.5 Å². The van der Waals surface area contributed by atoms with Gasteiger partial charge in [0.2, 0.25) is 0 Å². The van der Waals surface area contributed by atoms with E-state index >= 15 is 0 Å². The Hall–Kier alpha value is -3.47. The highest BCUT2D eigenvalue weighted by molar-refractivity contribution is 6.16. The molecule has 0 radical (unpaired) electrons. The first-order valence-corrected chi connectivity index (χ1v) is 8.48. The van der Waals surface area contributed by atoms with Crippen molar-refractivity contribution in [2.45, 2.75) is 19.8 Å². The molecule has 0 heterocycles. The first-order valence-electron chi connectivity index (χ1n) is 8.48. The third-order valence-corrected chi connectivity index (χ3v) is 4.63. The van der Waals surface area contributed by atoms with E-state index in [1.807, 2.05) is 25.1 Å². The Bertz CT molecular complexity index is 1070. The predicted octanol–water partition coefficient (Wildman–Crippen LogP) is 4.14. The van der Waals surface area contributed by atoms with Gasteiger partial charge in [-0.1, -0.05) is 42.0 Å². The highest BCUT2D eigenvalue weighted by Crippen LogP contribution is 2.30. The van der Waals surface area contributed by atoms with Gasteiger partial charge in [0.1, 0.15) is 0 Å². The number of carbonyl (C=O) groups is 3. The molecule has 5 heteroatoms. The highest BCUT2D eigenvalue weighted by Gasteiger charge is 2.20. The minimum atomic E-state index is -1.20. The average Bonchev–Trinajstić information content (AvgIpc) is 2.64. The smallest absolute Gasteiger partial charge is 0.336 e. The third kappa shape index (κ3) is 3.58. The maximum absolute atomic E-state index is 11.7. The van der Waals surface area contributed by atoms with Crippen molar-refractivity contribution in [3.05, 3.63) is 81.9 Å². The van der Waals surface area contributed by atoms with E-state index in [0.717, 1.165) is 11.1 Å². The van der Waals surface area contributed by atoms with Crippen LogP contribution in [-0.4, -0.2) is 28.4 Å². The number of hydrogen-bond donors (Lipinski definition) is 2. The van der Waals surface area contributed by atoms with Crippen LogP contribution in [0.5, 0.6) is 0 Å². The molecule has 0 fully saturated rings. The molecule has 0 amide bonds. The first kappa shape index (κ1) is 18.3. The molecule has 0 aliphatic carbocycles. The number of fused-ring (bicyclic) bond motifs is 1. The average molecular weight is 362 g/mol. The summed E-state index contributed by atoms with van der Waals surface area (Å²) in [5.74, 6) is -2.35. The summed E-state index contributed by atoms with van der Waals surface area (Å²) < 4.78 is 0. The Kier molecular flexibility index (Phi) is 5.03. The second kappa shape index (κ2) is 7.41. The van der Waals surface area contributed by atoms with Gasteiger partial charge in [-0.15, -0.1) is 0 Å². The van der Waals surface area contributed by atoms with Crippen molar-refractivity contribution in [2.75, 3.05) is 0 Å². The fourth-order valence-electron chi connectivity index (χ4n) is 3.40. The van der Waals surface area contributed by atoms with Gasteiger partial charge in [-0.25, -0.2) is 9.59 Å². The number of aldehydes is 1. The SMILES string of the molecule is Cc1cccc(CCc2ccc(C(=O)O)c3c(C=O)ccc(C(=O)O)c23)c1. The van der Waals surface area contributed by atoms with Crippen molar-refractivity contribution < 1.29 is 24.6 Å². The van der Waals surface area contributed by atoms with E-state index in [4.69, 9.17) is 0 Å². The summed E-state index contributed by atoms with van der Waals surface area (Å²) in [5, 5.41) is 19.6. The molecule has 5 nitrogen and oxygen atoms in total. The molecule has 3 aromatic carbocycles. The minimum Gasteiger partial charge on any atom is -0.478 e. The minimum absolute atomic E-state index is 0.00191. The van der Waals surface area contributed by atoms with E-state index in [9.17, 15) is 24.6 Å².